The molecule has 1 saturated carbocycles. The van der Waals surface area contributed by atoms with Gasteiger partial charge in [0.25, 0.3) is 23.6 Å². The summed E-state index contributed by atoms with van der Waals surface area (Å²) in [5, 5.41) is 13.0. The number of imide groups is 2. The van der Waals surface area contributed by atoms with Gasteiger partial charge in [0.1, 0.15) is 11.4 Å². The maximum absolute atomic E-state index is 15.3. The van der Waals surface area contributed by atoms with Crippen LogP contribution < -0.4 is 10.4 Å². The molecular weight excluding hydrogens is 853 g/mol. The molecule has 20 heteroatoms. The van der Waals surface area contributed by atoms with Crippen LogP contribution in [-0.2, 0) is 36.9 Å². The van der Waals surface area contributed by atoms with Gasteiger partial charge < -0.3 is 5.11 Å². The second-order valence-electron chi connectivity index (χ2n) is 14.5. The van der Waals surface area contributed by atoms with Crippen LogP contribution in [0.1, 0.15) is 41.1 Å². The van der Waals surface area contributed by atoms with Gasteiger partial charge in [0.15, 0.2) is 11.6 Å². The number of allylic oxidation sites excluding steroid dienone is 2. The number of alkyl halides is 6. The number of rotatable bonds is 6. The highest BCUT2D eigenvalue weighted by molar-refractivity contribution is 6.33. The average Bonchev–Trinajstić information content (AvgIpc) is 3.55. The summed E-state index contributed by atoms with van der Waals surface area (Å²) in [6, 6.07) is 14.2. The summed E-state index contributed by atoms with van der Waals surface area (Å²) in [7, 11) is 1.16. The highest BCUT2D eigenvalue weighted by Crippen LogP contribution is 2.65. The second-order valence-corrected chi connectivity index (χ2v) is 15.7. The second kappa shape index (κ2) is 14.1. The summed E-state index contributed by atoms with van der Waals surface area (Å²) in [6.07, 6.45) is -7.90. The van der Waals surface area contributed by atoms with Crippen LogP contribution in [0.2, 0.25) is 15.1 Å². The van der Waals surface area contributed by atoms with E-state index in [4.69, 9.17) is 34.8 Å². The Balaban J connectivity index is 1.27. The number of carbonyl (C=O) groups excluding carboxylic acids is 4. The molecule has 11 nitrogen and oxygen atoms in total. The number of pyridine rings is 2. The van der Waals surface area contributed by atoms with Crippen LogP contribution in [0.15, 0.2) is 84.6 Å². The van der Waals surface area contributed by atoms with E-state index in [2.05, 4.69) is 15.4 Å². The van der Waals surface area contributed by atoms with Crippen LogP contribution in [0.4, 0.5) is 38.0 Å². The maximum Gasteiger partial charge on any atom is 0.433 e. The van der Waals surface area contributed by atoms with Crippen LogP contribution in [-0.4, -0.2) is 55.8 Å². The molecule has 6 unspecified atom stereocenters. The first-order chi connectivity index (χ1) is 27.8. The van der Waals surface area contributed by atoms with Crippen molar-refractivity contribution >= 4 is 70.1 Å². The first-order valence-corrected chi connectivity index (χ1v) is 18.9. The zero-order valence-electron chi connectivity index (χ0n) is 30.0. The number of aromatic hydroxyl groups is 1. The molecular formula is C39H27Cl3F6N6O5. The van der Waals surface area contributed by atoms with Gasteiger partial charge in [-0.2, -0.15) is 36.4 Å². The van der Waals surface area contributed by atoms with Gasteiger partial charge in [-0.1, -0.05) is 76.8 Å². The molecule has 2 aliphatic heterocycles. The number of hydrogen-bond donors (Lipinski definition) is 2. The predicted molar refractivity (Wildman–Crippen MR) is 199 cm³/mol. The lowest BCUT2D eigenvalue weighted by atomic mass is 9.49. The Labute approximate surface area is 345 Å². The molecule has 4 aromatic rings. The third kappa shape index (κ3) is 6.27. The Hall–Kier alpha value is -5.39. The van der Waals surface area contributed by atoms with Gasteiger partial charge in [0, 0.05) is 29.7 Å². The van der Waals surface area contributed by atoms with Crippen molar-refractivity contribution in [2.24, 2.45) is 23.7 Å². The van der Waals surface area contributed by atoms with E-state index in [1.165, 1.54) is 42.5 Å². The Morgan fingerprint density at radius 3 is 2.20 bits per heavy atom. The zero-order valence-corrected chi connectivity index (χ0v) is 32.3. The molecule has 59 heavy (non-hydrogen) atoms. The van der Waals surface area contributed by atoms with Crippen molar-refractivity contribution in [1.29, 1.82) is 0 Å². The highest BCUT2D eigenvalue weighted by atomic mass is 35.5. The number of amides is 4. The molecule has 4 heterocycles. The van der Waals surface area contributed by atoms with Gasteiger partial charge in [-0.15, -0.1) is 0 Å². The Bertz CT molecular complexity index is 2490. The summed E-state index contributed by atoms with van der Waals surface area (Å²) in [6.45, 7) is 0. The van der Waals surface area contributed by atoms with E-state index in [0.717, 1.165) is 18.1 Å². The summed E-state index contributed by atoms with van der Waals surface area (Å²) < 4.78 is 81.5. The third-order valence-corrected chi connectivity index (χ3v) is 12.3. The largest absolute Gasteiger partial charge is 0.508 e. The molecule has 2 saturated heterocycles. The number of phenolic OH excluding ortho intramolecular Hbond substituents is 1. The summed E-state index contributed by atoms with van der Waals surface area (Å²) in [4.78, 5) is 66.2. The fraction of sp³-hybridized carbons (Fsp3) is 0.282. The fourth-order valence-corrected chi connectivity index (χ4v) is 9.61. The van der Waals surface area contributed by atoms with Crippen molar-refractivity contribution in [2.45, 2.75) is 36.5 Å². The molecule has 0 spiro atoms. The Kier molecular flexibility index (Phi) is 9.67. The molecule has 6 atom stereocenters. The fourth-order valence-electron chi connectivity index (χ4n) is 9.05. The number of nitrogens with zero attached hydrogens (tertiary/aromatic N) is 5. The van der Waals surface area contributed by atoms with Gasteiger partial charge in [0.2, 0.25) is 0 Å². The number of carbonyl (C=O) groups is 4. The normalized spacial score (nSPS) is 25.5. The zero-order chi connectivity index (χ0) is 42.5. The van der Waals surface area contributed by atoms with Crippen LogP contribution >= 0.6 is 34.8 Å². The predicted octanol–water partition coefficient (Wildman–Crippen LogP) is 8.22. The summed E-state index contributed by atoms with van der Waals surface area (Å²) in [5.41, 5.74) is -1.07. The molecule has 2 aromatic carbocycles. The SMILES string of the molecule is CN(c1nc(C(F)(F)F)ccc1Cl)N1C(=O)C2CC=C3C(CC4C(=O)N(Nc5ncc(C(F)(F)F)cc5Cl)C(=O)C4(c4ccc(Cl)cc4)C3c3ccccc3O)C2C1=O. The molecule has 2 aromatic heterocycles. The van der Waals surface area contributed by atoms with Crippen molar-refractivity contribution in [3.05, 3.63) is 122 Å². The van der Waals surface area contributed by atoms with E-state index in [1.807, 2.05) is 0 Å². The van der Waals surface area contributed by atoms with Gasteiger partial charge in [-0.25, -0.2) is 9.97 Å². The number of halogens is 9. The lowest BCUT2D eigenvalue weighted by Crippen LogP contribution is -2.53. The first kappa shape index (κ1) is 40.4. The third-order valence-electron chi connectivity index (χ3n) is 11.5. The summed E-state index contributed by atoms with van der Waals surface area (Å²) >= 11 is 18.8. The lowest BCUT2D eigenvalue weighted by molar-refractivity contribution is -0.142. The molecule has 0 radical (unpaired) electrons. The number of hydrogen-bond acceptors (Lipinski definition) is 9. The smallest absolute Gasteiger partial charge is 0.433 e. The molecule has 4 aliphatic rings. The molecule has 4 amide bonds. The lowest BCUT2D eigenvalue weighted by Gasteiger charge is -2.50. The van der Waals surface area contributed by atoms with Gasteiger partial charge in [-0.3, -0.25) is 29.6 Å². The van der Waals surface area contributed by atoms with Crippen molar-refractivity contribution in [3.8, 4) is 5.75 Å². The highest BCUT2D eigenvalue weighted by Gasteiger charge is 2.71. The van der Waals surface area contributed by atoms with E-state index in [1.54, 1.807) is 12.1 Å². The van der Waals surface area contributed by atoms with E-state index in [9.17, 15) is 45.8 Å². The van der Waals surface area contributed by atoms with E-state index >= 15 is 4.79 Å². The topological polar surface area (TPSA) is 136 Å². The van der Waals surface area contributed by atoms with Gasteiger partial charge >= 0.3 is 12.4 Å². The number of hydrazine groups is 2. The molecule has 306 valence electrons. The number of nitrogens with one attached hydrogen (secondary N) is 1. The van der Waals surface area contributed by atoms with Crippen molar-refractivity contribution < 1.29 is 50.6 Å². The van der Waals surface area contributed by atoms with Crippen LogP contribution in [0.3, 0.4) is 0 Å². The number of anilines is 2. The molecule has 8 rings (SSSR count). The van der Waals surface area contributed by atoms with E-state index < -0.39 is 98.9 Å². The van der Waals surface area contributed by atoms with Crippen molar-refractivity contribution in [1.82, 2.24) is 20.0 Å². The first-order valence-electron chi connectivity index (χ1n) is 17.7. The monoisotopic (exact) mass is 878 g/mol. The summed E-state index contributed by atoms with van der Waals surface area (Å²) in [5.74, 6) is -10.5. The number of benzene rings is 2. The molecule has 2 aliphatic carbocycles. The van der Waals surface area contributed by atoms with Crippen LogP contribution in [0.5, 0.6) is 5.75 Å². The number of aromatic nitrogens is 2. The van der Waals surface area contributed by atoms with Crippen molar-refractivity contribution in [2.75, 3.05) is 17.5 Å². The van der Waals surface area contributed by atoms with E-state index in [0.29, 0.717) is 33.9 Å². The minimum Gasteiger partial charge on any atom is -0.508 e. The number of para-hydroxylation sites is 1. The van der Waals surface area contributed by atoms with Gasteiger partial charge in [0.05, 0.1) is 38.8 Å². The Morgan fingerprint density at radius 2 is 1.56 bits per heavy atom. The minimum absolute atomic E-state index is 0.0875. The maximum atomic E-state index is 15.3. The molecule has 3 fully saturated rings. The number of fused-ring (bicyclic) bond motifs is 4. The van der Waals surface area contributed by atoms with Crippen LogP contribution in [0, 0.1) is 23.7 Å². The average molecular weight is 880 g/mol. The quantitative estimate of drug-likeness (QED) is 0.112. The molecule has 0 bridgehead atoms. The van der Waals surface area contributed by atoms with E-state index in [-0.39, 0.29) is 39.8 Å². The molecule has 2 N–H and O–H groups in total. The van der Waals surface area contributed by atoms with Gasteiger partial charge in [-0.05, 0) is 60.7 Å². The number of phenols is 1. The minimum atomic E-state index is -4.88. The van der Waals surface area contributed by atoms with Crippen molar-refractivity contribution in [3.63, 3.8) is 0 Å². The Morgan fingerprint density at radius 1 is 0.864 bits per heavy atom. The van der Waals surface area contributed by atoms with Crippen LogP contribution in [0.25, 0.3) is 0 Å². The standard InChI is InChI=1S/C39H27Cl3F6N6O5/c1-52(32-25(41)12-13-28(50-32)39(46,47)48)54-33(56)22-11-10-20-23(29(22)35(54)58)15-24-34(57)53(51-31-26(42)14-18(16-49-31)38(43,44)45)36(59)37(24,17-6-8-19(40)9-7-17)30(20)21-4-2-3-5-27(21)55/h2-10,12-14,16,22-24,29-30,55H,11,15H2,1H3,(H,49,51).